The van der Waals surface area contributed by atoms with E-state index >= 15 is 0 Å². The number of furan rings is 1. The highest BCUT2D eigenvalue weighted by Crippen LogP contribution is 2.28. The molecule has 1 saturated heterocycles. The highest BCUT2D eigenvalue weighted by atomic mass is 32.2. The Morgan fingerprint density at radius 2 is 1.66 bits per heavy atom. The second kappa shape index (κ2) is 9.13. The molecule has 8 nitrogen and oxygen atoms in total. The summed E-state index contributed by atoms with van der Waals surface area (Å²) in [5.74, 6) is -1.28. The Kier molecular flexibility index (Phi) is 6.29. The summed E-state index contributed by atoms with van der Waals surface area (Å²) in [7, 11) is -3.56. The average Bonchev–Trinajstić information content (AvgIpc) is 3.46. The summed E-state index contributed by atoms with van der Waals surface area (Å²) in [5, 5.41) is 0.649. The fourth-order valence-electron chi connectivity index (χ4n) is 3.67. The zero-order valence-corrected chi connectivity index (χ0v) is 18.4. The number of benzene rings is 2. The lowest BCUT2D eigenvalue weighted by Crippen LogP contribution is -2.27. The number of hydrogen-bond acceptors (Lipinski definition) is 7. The SMILES string of the molecule is CCOC(=O)c1oc2ccccc2c1COC(=O)c1ccc(S(=O)(=O)N2CCCC2)cc1. The third kappa shape index (κ3) is 4.26. The van der Waals surface area contributed by atoms with E-state index in [1.807, 2.05) is 0 Å². The van der Waals surface area contributed by atoms with E-state index in [-0.39, 0.29) is 29.4 Å². The minimum absolute atomic E-state index is 0.00657. The Morgan fingerprint density at radius 3 is 2.34 bits per heavy atom. The number of ether oxygens (including phenoxy) is 2. The number of esters is 2. The van der Waals surface area contributed by atoms with Crippen LogP contribution in [0.5, 0.6) is 0 Å². The monoisotopic (exact) mass is 457 g/mol. The topological polar surface area (TPSA) is 103 Å². The van der Waals surface area contributed by atoms with Crippen LogP contribution in [-0.4, -0.2) is 44.4 Å². The molecule has 1 aliphatic rings. The third-order valence-corrected chi connectivity index (χ3v) is 7.21. The molecule has 2 aromatic carbocycles. The van der Waals surface area contributed by atoms with Crippen molar-refractivity contribution in [2.45, 2.75) is 31.3 Å². The minimum Gasteiger partial charge on any atom is -0.460 e. The van der Waals surface area contributed by atoms with Gasteiger partial charge in [-0.15, -0.1) is 0 Å². The maximum atomic E-state index is 12.6. The summed E-state index contributed by atoms with van der Waals surface area (Å²) in [6, 6.07) is 12.7. The molecule has 0 saturated carbocycles. The predicted molar refractivity (Wildman–Crippen MR) is 116 cm³/mol. The van der Waals surface area contributed by atoms with Gasteiger partial charge in [0.25, 0.3) is 0 Å². The average molecular weight is 458 g/mol. The van der Waals surface area contributed by atoms with Crippen molar-refractivity contribution in [1.29, 1.82) is 0 Å². The highest BCUT2D eigenvalue weighted by molar-refractivity contribution is 7.89. The van der Waals surface area contributed by atoms with Crippen LogP contribution in [0.3, 0.4) is 0 Å². The first-order chi connectivity index (χ1) is 15.4. The number of para-hydroxylation sites is 1. The molecule has 4 rings (SSSR count). The Balaban J connectivity index is 1.51. The van der Waals surface area contributed by atoms with Crippen molar-refractivity contribution < 1.29 is 31.9 Å². The number of sulfonamides is 1. The number of rotatable bonds is 7. The predicted octanol–water partition coefficient (Wildman–Crippen LogP) is 3.75. The van der Waals surface area contributed by atoms with Crippen LogP contribution in [0, 0.1) is 0 Å². The van der Waals surface area contributed by atoms with Gasteiger partial charge in [-0.05, 0) is 50.1 Å². The van der Waals surface area contributed by atoms with E-state index in [0.29, 0.717) is 29.6 Å². The Bertz CT molecular complexity index is 1240. The van der Waals surface area contributed by atoms with Crippen LogP contribution < -0.4 is 0 Å². The van der Waals surface area contributed by atoms with Crippen molar-refractivity contribution >= 4 is 32.9 Å². The van der Waals surface area contributed by atoms with Crippen LogP contribution in [0.25, 0.3) is 11.0 Å². The van der Waals surface area contributed by atoms with Gasteiger partial charge in [0.15, 0.2) is 0 Å². The van der Waals surface area contributed by atoms with Crippen molar-refractivity contribution in [2.24, 2.45) is 0 Å². The molecule has 1 aliphatic heterocycles. The molecule has 1 fully saturated rings. The molecule has 0 N–H and O–H groups in total. The molecule has 0 atom stereocenters. The van der Waals surface area contributed by atoms with E-state index in [2.05, 4.69) is 0 Å². The second-order valence-electron chi connectivity index (χ2n) is 7.34. The summed E-state index contributed by atoms with van der Waals surface area (Å²) in [6.45, 7) is 2.69. The molecule has 0 amide bonds. The molecule has 0 unspecified atom stereocenters. The maximum Gasteiger partial charge on any atom is 0.374 e. The van der Waals surface area contributed by atoms with Crippen LogP contribution in [0.1, 0.15) is 46.2 Å². The molecule has 32 heavy (non-hydrogen) atoms. The molecule has 2 heterocycles. The van der Waals surface area contributed by atoms with Crippen molar-refractivity contribution in [3.05, 3.63) is 65.4 Å². The van der Waals surface area contributed by atoms with Crippen LogP contribution in [0.4, 0.5) is 0 Å². The Morgan fingerprint density at radius 1 is 0.969 bits per heavy atom. The van der Waals surface area contributed by atoms with Crippen LogP contribution in [-0.2, 0) is 26.1 Å². The summed E-state index contributed by atoms with van der Waals surface area (Å²) in [5.41, 5.74) is 1.11. The number of fused-ring (bicyclic) bond motifs is 1. The highest BCUT2D eigenvalue weighted by Gasteiger charge is 2.27. The van der Waals surface area contributed by atoms with Crippen LogP contribution in [0.15, 0.2) is 57.8 Å². The normalized spacial score (nSPS) is 14.5. The zero-order valence-electron chi connectivity index (χ0n) is 17.6. The molecule has 0 radical (unpaired) electrons. The van der Waals surface area contributed by atoms with Gasteiger partial charge in [-0.2, -0.15) is 4.31 Å². The van der Waals surface area contributed by atoms with Gasteiger partial charge in [-0.25, -0.2) is 18.0 Å². The molecule has 1 aromatic heterocycles. The second-order valence-corrected chi connectivity index (χ2v) is 9.28. The minimum atomic E-state index is -3.56. The van der Waals surface area contributed by atoms with E-state index in [1.165, 1.54) is 28.6 Å². The lowest BCUT2D eigenvalue weighted by Gasteiger charge is -2.15. The molecule has 0 spiro atoms. The first-order valence-electron chi connectivity index (χ1n) is 10.4. The van der Waals surface area contributed by atoms with Gasteiger partial charge in [0.05, 0.1) is 22.6 Å². The molecular formula is C23H23NO7S. The van der Waals surface area contributed by atoms with E-state index in [4.69, 9.17) is 13.9 Å². The lowest BCUT2D eigenvalue weighted by molar-refractivity contribution is 0.0435. The van der Waals surface area contributed by atoms with Crippen molar-refractivity contribution in [3.63, 3.8) is 0 Å². The fraction of sp³-hybridized carbons (Fsp3) is 0.304. The summed E-state index contributed by atoms with van der Waals surface area (Å²) in [4.78, 5) is 25.0. The molecular weight excluding hydrogens is 434 g/mol. The summed E-state index contributed by atoms with van der Waals surface area (Å²) in [6.07, 6.45) is 1.69. The first kappa shape index (κ1) is 22.0. The first-order valence-corrected chi connectivity index (χ1v) is 11.8. The molecule has 3 aromatic rings. The van der Waals surface area contributed by atoms with E-state index in [9.17, 15) is 18.0 Å². The van der Waals surface area contributed by atoms with Gasteiger partial charge in [-0.1, -0.05) is 18.2 Å². The van der Waals surface area contributed by atoms with Gasteiger partial charge < -0.3 is 13.9 Å². The zero-order chi connectivity index (χ0) is 22.7. The van der Waals surface area contributed by atoms with E-state index in [1.54, 1.807) is 31.2 Å². The van der Waals surface area contributed by atoms with Crippen molar-refractivity contribution in [1.82, 2.24) is 4.31 Å². The number of carbonyl (C=O) groups excluding carboxylic acids is 2. The van der Waals surface area contributed by atoms with Gasteiger partial charge in [-0.3, -0.25) is 0 Å². The fourth-order valence-corrected chi connectivity index (χ4v) is 5.18. The standard InChI is InChI=1S/C23H23NO7S/c1-2-29-23(26)21-19(18-7-3-4-8-20(18)31-21)15-30-22(25)16-9-11-17(12-10-16)32(27,28)24-13-5-6-14-24/h3-4,7-12H,2,5-6,13-15H2,1H3. The Labute approximate surface area is 185 Å². The number of hydrogen-bond donors (Lipinski definition) is 0. The van der Waals surface area contributed by atoms with E-state index < -0.39 is 22.0 Å². The quantitative estimate of drug-likeness (QED) is 0.498. The van der Waals surface area contributed by atoms with Crippen LogP contribution in [0.2, 0.25) is 0 Å². The summed E-state index contributed by atoms with van der Waals surface area (Å²) < 4.78 is 42.8. The lowest BCUT2D eigenvalue weighted by atomic mass is 10.1. The number of nitrogens with zero attached hydrogens (tertiary/aromatic N) is 1. The molecule has 0 aliphatic carbocycles. The van der Waals surface area contributed by atoms with Gasteiger partial charge in [0, 0.05) is 18.5 Å². The molecule has 168 valence electrons. The van der Waals surface area contributed by atoms with Gasteiger partial charge in [0.2, 0.25) is 15.8 Å². The smallest absolute Gasteiger partial charge is 0.374 e. The molecule has 9 heteroatoms. The largest absolute Gasteiger partial charge is 0.460 e. The van der Waals surface area contributed by atoms with Crippen molar-refractivity contribution in [2.75, 3.05) is 19.7 Å². The van der Waals surface area contributed by atoms with E-state index in [0.717, 1.165) is 12.8 Å². The number of carbonyl (C=O) groups is 2. The summed E-state index contributed by atoms with van der Waals surface area (Å²) >= 11 is 0. The van der Waals surface area contributed by atoms with Gasteiger partial charge >= 0.3 is 11.9 Å². The third-order valence-electron chi connectivity index (χ3n) is 5.30. The van der Waals surface area contributed by atoms with Crippen LogP contribution >= 0.6 is 0 Å². The Hall–Kier alpha value is -3.17. The van der Waals surface area contributed by atoms with Crippen molar-refractivity contribution in [3.8, 4) is 0 Å². The molecule has 0 bridgehead atoms. The van der Waals surface area contributed by atoms with Gasteiger partial charge in [0.1, 0.15) is 12.2 Å². The maximum absolute atomic E-state index is 12.6.